The van der Waals surface area contributed by atoms with Gasteiger partial charge in [0, 0.05) is 20.6 Å². The van der Waals surface area contributed by atoms with Crippen molar-refractivity contribution in [1.29, 1.82) is 0 Å². The Bertz CT molecular complexity index is 393. The van der Waals surface area contributed by atoms with Crippen LogP contribution in [0.3, 0.4) is 0 Å². The molecule has 0 heterocycles. The molecule has 0 unspecified atom stereocenters. The molecule has 1 N–H and O–H groups in total. The van der Waals surface area contributed by atoms with E-state index in [-0.39, 0.29) is 6.03 Å². The normalized spacial score (nSPS) is 9.94. The van der Waals surface area contributed by atoms with Gasteiger partial charge in [-0.25, -0.2) is 4.79 Å². The SMILES string of the molecule is CNC(=O)N(C)Cc1cc(C)c(OC)c(C)c1. The summed E-state index contributed by atoms with van der Waals surface area (Å²) in [5.74, 6) is 0.913. The average Bonchev–Trinajstić information content (AvgIpc) is 2.27. The van der Waals surface area contributed by atoms with Crippen LogP contribution in [0, 0.1) is 13.8 Å². The number of ether oxygens (including phenoxy) is 1. The first kappa shape index (κ1) is 13.4. The summed E-state index contributed by atoms with van der Waals surface area (Å²) in [6, 6.07) is 4.01. The van der Waals surface area contributed by atoms with E-state index in [1.807, 2.05) is 26.0 Å². The predicted molar refractivity (Wildman–Crippen MR) is 68.4 cm³/mol. The van der Waals surface area contributed by atoms with Crippen molar-refractivity contribution in [1.82, 2.24) is 10.2 Å². The second kappa shape index (κ2) is 5.57. The molecular weight excluding hydrogens is 216 g/mol. The quantitative estimate of drug-likeness (QED) is 0.873. The van der Waals surface area contributed by atoms with Crippen molar-refractivity contribution < 1.29 is 9.53 Å². The molecule has 94 valence electrons. The Balaban J connectivity index is 2.90. The summed E-state index contributed by atoms with van der Waals surface area (Å²) in [4.78, 5) is 13.0. The van der Waals surface area contributed by atoms with E-state index in [1.165, 1.54) is 0 Å². The van der Waals surface area contributed by atoms with Gasteiger partial charge in [0.2, 0.25) is 0 Å². The molecule has 17 heavy (non-hydrogen) atoms. The molecule has 1 aromatic rings. The molecule has 0 atom stereocenters. The van der Waals surface area contributed by atoms with Gasteiger partial charge in [-0.3, -0.25) is 0 Å². The molecule has 0 aromatic heterocycles. The first-order valence-electron chi connectivity index (χ1n) is 5.56. The van der Waals surface area contributed by atoms with Gasteiger partial charge in [0.05, 0.1) is 7.11 Å². The van der Waals surface area contributed by atoms with Crippen LogP contribution in [0.25, 0.3) is 0 Å². The second-order valence-electron chi connectivity index (χ2n) is 4.17. The van der Waals surface area contributed by atoms with Gasteiger partial charge >= 0.3 is 6.03 Å². The third-order valence-corrected chi connectivity index (χ3v) is 2.70. The molecule has 0 spiro atoms. The molecule has 0 aliphatic rings. The maximum absolute atomic E-state index is 11.4. The number of aryl methyl sites for hydroxylation is 2. The van der Waals surface area contributed by atoms with Gasteiger partial charge < -0.3 is 15.0 Å². The average molecular weight is 236 g/mol. The van der Waals surface area contributed by atoms with Gasteiger partial charge in [0.25, 0.3) is 0 Å². The summed E-state index contributed by atoms with van der Waals surface area (Å²) < 4.78 is 5.31. The molecule has 2 amide bonds. The molecule has 4 nitrogen and oxygen atoms in total. The van der Waals surface area contributed by atoms with Crippen molar-refractivity contribution in [3.05, 3.63) is 28.8 Å². The molecule has 1 rings (SSSR count). The Morgan fingerprint density at radius 3 is 2.29 bits per heavy atom. The summed E-state index contributed by atoms with van der Waals surface area (Å²) in [6.07, 6.45) is 0. The lowest BCUT2D eigenvalue weighted by molar-refractivity contribution is 0.209. The van der Waals surface area contributed by atoms with Crippen LogP contribution in [0.15, 0.2) is 12.1 Å². The van der Waals surface area contributed by atoms with E-state index >= 15 is 0 Å². The van der Waals surface area contributed by atoms with Crippen molar-refractivity contribution >= 4 is 6.03 Å². The minimum Gasteiger partial charge on any atom is -0.496 e. The number of carbonyl (C=O) groups is 1. The van der Waals surface area contributed by atoms with Crippen molar-refractivity contribution in [2.75, 3.05) is 21.2 Å². The fourth-order valence-corrected chi connectivity index (χ4v) is 1.99. The third-order valence-electron chi connectivity index (χ3n) is 2.70. The molecule has 0 bridgehead atoms. The lowest BCUT2D eigenvalue weighted by atomic mass is 10.1. The molecule has 1 aromatic carbocycles. The number of hydrogen-bond donors (Lipinski definition) is 1. The van der Waals surface area contributed by atoms with E-state index < -0.39 is 0 Å². The van der Waals surface area contributed by atoms with Gasteiger partial charge in [-0.05, 0) is 30.5 Å². The van der Waals surface area contributed by atoms with Crippen molar-refractivity contribution in [3.8, 4) is 5.75 Å². The topological polar surface area (TPSA) is 41.6 Å². The highest BCUT2D eigenvalue weighted by Gasteiger charge is 2.09. The van der Waals surface area contributed by atoms with Gasteiger partial charge in [0.15, 0.2) is 0 Å². The summed E-state index contributed by atoms with van der Waals surface area (Å²) in [5.41, 5.74) is 3.28. The number of carbonyl (C=O) groups excluding carboxylic acids is 1. The monoisotopic (exact) mass is 236 g/mol. The largest absolute Gasteiger partial charge is 0.496 e. The van der Waals surface area contributed by atoms with Gasteiger partial charge in [-0.15, -0.1) is 0 Å². The third kappa shape index (κ3) is 3.12. The van der Waals surface area contributed by atoms with E-state index in [1.54, 1.807) is 26.1 Å². The van der Waals surface area contributed by atoms with Crippen LogP contribution >= 0.6 is 0 Å². The fourth-order valence-electron chi connectivity index (χ4n) is 1.99. The smallest absolute Gasteiger partial charge is 0.317 e. The number of benzene rings is 1. The maximum Gasteiger partial charge on any atom is 0.317 e. The van der Waals surface area contributed by atoms with E-state index in [0.717, 1.165) is 22.4 Å². The van der Waals surface area contributed by atoms with Gasteiger partial charge in [0.1, 0.15) is 5.75 Å². The van der Waals surface area contributed by atoms with Crippen molar-refractivity contribution in [3.63, 3.8) is 0 Å². The Morgan fingerprint density at radius 2 is 1.88 bits per heavy atom. The Morgan fingerprint density at radius 1 is 1.35 bits per heavy atom. The zero-order valence-electron chi connectivity index (χ0n) is 11.1. The van der Waals surface area contributed by atoms with Crippen LogP contribution in [0.2, 0.25) is 0 Å². The maximum atomic E-state index is 11.4. The number of hydrogen-bond acceptors (Lipinski definition) is 2. The Kier molecular flexibility index (Phi) is 4.37. The van der Waals surface area contributed by atoms with Crippen molar-refractivity contribution in [2.45, 2.75) is 20.4 Å². The fraction of sp³-hybridized carbons (Fsp3) is 0.462. The second-order valence-corrected chi connectivity index (χ2v) is 4.17. The first-order valence-corrected chi connectivity index (χ1v) is 5.56. The number of amides is 2. The van der Waals surface area contributed by atoms with Crippen LogP contribution in [0.4, 0.5) is 4.79 Å². The van der Waals surface area contributed by atoms with Crippen molar-refractivity contribution in [2.24, 2.45) is 0 Å². The zero-order valence-corrected chi connectivity index (χ0v) is 11.1. The Labute approximate surface area is 103 Å². The van der Waals surface area contributed by atoms with E-state index in [0.29, 0.717) is 6.54 Å². The molecule has 0 radical (unpaired) electrons. The summed E-state index contributed by atoms with van der Waals surface area (Å²) in [5, 5.41) is 2.60. The summed E-state index contributed by atoms with van der Waals surface area (Å²) in [6.45, 7) is 4.61. The first-order chi connectivity index (χ1) is 7.99. The van der Waals surface area contributed by atoms with Crippen LogP contribution in [-0.2, 0) is 6.54 Å². The Hall–Kier alpha value is -1.71. The molecule has 0 saturated carbocycles. The summed E-state index contributed by atoms with van der Waals surface area (Å²) in [7, 11) is 5.07. The predicted octanol–water partition coefficient (Wildman–Crippen LogP) is 2.08. The highest BCUT2D eigenvalue weighted by molar-refractivity contribution is 5.73. The number of rotatable bonds is 3. The van der Waals surface area contributed by atoms with Crippen LogP contribution in [0.5, 0.6) is 5.75 Å². The standard InChI is InChI=1S/C13H20N2O2/c1-9-6-11(7-10(2)12(9)17-5)8-15(4)13(16)14-3/h6-7H,8H2,1-5H3,(H,14,16). The zero-order chi connectivity index (χ0) is 13.0. The number of nitrogens with one attached hydrogen (secondary N) is 1. The molecular formula is C13H20N2O2. The van der Waals surface area contributed by atoms with Crippen LogP contribution < -0.4 is 10.1 Å². The minimum absolute atomic E-state index is 0.0869. The van der Waals surface area contributed by atoms with Gasteiger partial charge in [-0.1, -0.05) is 12.1 Å². The molecule has 4 heteroatoms. The highest BCUT2D eigenvalue weighted by atomic mass is 16.5. The lowest BCUT2D eigenvalue weighted by Gasteiger charge is -2.18. The molecule has 0 fully saturated rings. The molecule has 0 saturated heterocycles. The molecule has 0 aliphatic carbocycles. The van der Waals surface area contributed by atoms with E-state index in [9.17, 15) is 4.79 Å². The van der Waals surface area contributed by atoms with Crippen LogP contribution in [-0.4, -0.2) is 32.1 Å². The summed E-state index contributed by atoms with van der Waals surface area (Å²) >= 11 is 0. The number of nitrogens with zero attached hydrogens (tertiary/aromatic N) is 1. The lowest BCUT2D eigenvalue weighted by Crippen LogP contribution is -2.34. The number of urea groups is 1. The number of methoxy groups -OCH3 is 1. The van der Waals surface area contributed by atoms with Crippen LogP contribution in [0.1, 0.15) is 16.7 Å². The molecule has 0 aliphatic heterocycles. The van der Waals surface area contributed by atoms with E-state index in [2.05, 4.69) is 5.32 Å². The van der Waals surface area contributed by atoms with Gasteiger partial charge in [-0.2, -0.15) is 0 Å². The van der Waals surface area contributed by atoms with E-state index in [4.69, 9.17) is 4.74 Å². The minimum atomic E-state index is -0.0869. The highest BCUT2D eigenvalue weighted by Crippen LogP contribution is 2.24.